The van der Waals surface area contributed by atoms with Gasteiger partial charge in [0.2, 0.25) is 0 Å². The molecule has 2 nitrogen and oxygen atoms in total. The molecule has 0 fully saturated rings. The largest absolute Gasteiger partial charge is 0.381 e. The Morgan fingerprint density at radius 2 is 2.00 bits per heavy atom. The van der Waals surface area contributed by atoms with Gasteiger partial charge in [0, 0.05) is 13.2 Å². The molecule has 1 aromatic rings. The van der Waals surface area contributed by atoms with Crippen LogP contribution < -0.4 is 5.32 Å². The molecule has 1 unspecified atom stereocenters. The number of benzene rings is 1. The zero-order valence-corrected chi connectivity index (χ0v) is 14.2. The minimum absolute atomic E-state index is 0.667. The predicted molar refractivity (Wildman–Crippen MR) is 91.9 cm³/mol. The lowest BCUT2D eigenvalue weighted by molar-refractivity contribution is 0.117. The van der Waals surface area contributed by atoms with E-state index in [0.29, 0.717) is 5.92 Å². The summed E-state index contributed by atoms with van der Waals surface area (Å²) in [5.74, 6) is 0.667. The molecule has 120 valence electrons. The number of rotatable bonds is 12. The lowest BCUT2D eigenvalue weighted by atomic mass is 9.95. The van der Waals surface area contributed by atoms with E-state index in [2.05, 4.69) is 50.4 Å². The van der Waals surface area contributed by atoms with Crippen LogP contribution in [0.15, 0.2) is 24.3 Å². The second-order valence-electron chi connectivity index (χ2n) is 6.02. The Bertz CT molecular complexity index is 364. The third-order valence-electron chi connectivity index (χ3n) is 3.78. The van der Waals surface area contributed by atoms with Gasteiger partial charge in [0.1, 0.15) is 0 Å². The third-order valence-corrected chi connectivity index (χ3v) is 3.78. The minimum atomic E-state index is 0.667. The van der Waals surface area contributed by atoms with Crippen LogP contribution in [0.3, 0.4) is 0 Å². The first-order valence-corrected chi connectivity index (χ1v) is 8.60. The molecule has 1 aromatic carbocycles. The fourth-order valence-corrected chi connectivity index (χ4v) is 2.53. The summed E-state index contributed by atoms with van der Waals surface area (Å²) in [5.41, 5.74) is 2.80. The predicted octanol–water partition coefficient (Wildman–Crippen LogP) is 4.36. The maximum Gasteiger partial charge on any atom is 0.0469 e. The van der Waals surface area contributed by atoms with Crippen molar-refractivity contribution in [3.8, 4) is 0 Å². The SMILES string of the molecule is CCCCOCCC(CNCCC)Cc1cccc(C)c1. The van der Waals surface area contributed by atoms with Gasteiger partial charge in [-0.1, -0.05) is 50.1 Å². The molecule has 1 N–H and O–H groups in total. The van der Waals surface area contributed by atoms with Crippen molar-refractivity contribution in [3.63, 3.8) is 0 Å². The van der Waals surface area contributed by atoms with Crippen molar-refractivity contribution in [2.45, 2.75) is 52.9 Å². The van der Waals surface area contributed by atoms with E-state index in [1.807, 2.05) is 0 Å². The van der Waals surface area contributed by atoms with Crippen LogP contribution >= 0.6 is 0 Å². The lowest BCUT2D eigenvalue weighted by Gasteiger charge is -2.18. The van der Waals surface area contributed by atoms with Crippen molar-refractivity contribution in [2.24, 2.45) is 5.92 Å². The summed E-state index contributed by atoms with van der Waals surface area (Å²) in [4.78, 5) is 0. The molecule has 1 rings (SSSR count). The number of unbranched alkanes of at least 4 members (excludes halogenated alkanes) is 1. The summed E-state index contributed by atoms with van der Waals surface area (Å²) in [7, 11) is 0. The van der Waals surface area contributed by atoms with Crippen LogP contribution in [0.4, 0.5) is 0 Å². The van der Waals surface area contributed by atoms with Gasteiger partial charge >= 0.3 is 0 Å². The molecule has 0 aliphatic carbocycles. The van der Waals surface area contributed by atoms with Gasteiger partial charge in [-0.2, -0.15) is 0 Å². The molecule has 0 amide bonds. The molecule has 2 heteroatoms. The molecule has 0 aromatic heterocycles. The maximum atomic E-state index is 5.74. The summed E-state index contributed by atoms with van der Waals surface area (Å²) in [5, 5.41) is 3.57. The van der Waals surface area contributed by atoms with Gasteiger partial charge in [-0.25, -0.2) is 0 Å². The molecule has 21 heavy (non-hydrogen) atoms. The Kier molecular flexibility index (Phi) is 10.2. The highest BCUT2D eigenvalue weighted by Crippen LogP contribution is 2.14. The second-order valence-corrected chi connectivity index (χ2v) is 6.02. The van der Waals surface area contributed by atoms with E-state index in [0.717, 1.165) is 39.1 Å². The molecular formula is C19H33NO. The average molecular weight is 291 g/mol. The maximum absolute atomic E-state index is 5.74. The first kappa shape index (κ1) is 18.2. The molecule has 0 spiro atoms. The van der Waals surface area contributed by atoms with E-state index in [-0.39, 0.29) is 0 Å². The van der Waals surface area contributed by atoms with Crippen molar-refractivity contribution in [3.05, 3.63) is 35.4 Å². The van der Waals surface area contributed by atoms with E-state index >= 15 is 0 Å². The number of aryl methyl sites for hydroxylation is 1. The lowest BCUT2D eigenvalue weighted by Crippen LogP contribution is -2.26. The number of hydrogen-bond acceptors (Lipinski definition) is 2. The fourth-order valence-electron chi connectivity index (χ4n) is 2.53. The zero-order chi connectivity index (χ0) is 15.3. The van der Waals surface area contributed by atoms with E-state index in [1.54, 1.807) is 0 Å². The van der Waals surface area contributed by atoms with E-state index in [4.69, 9.17) is 4.74 Å². The van der Waals surface area contributed by atoms with E-state index in [1.165, 1.54) is 30.4 Å². The number of ether oxygens (including phenoxy) is 1. The molecule has 0 saturated heterocycles. The van der Waals surface area contributed by atoms with Crippen LogP contribution in [-0.2, 0) is 11.2 Å². The van der Waals surface area contributed by atoms with Crippen molar-refractivity contribution < 1.29 is 4.74 Å². The average Bonchev–Trinajstić information content (AvgIpc) is 2.47. The Morgan fingerprint density at radius 3 is 2.71 bits per heavy atom. The molecule has 0 bridgehead atoms. The van der Waals surface area contributed by atoms with Gasteiger partial charge in [-0.3, -0.25) is 0 Å². The zero-order valence-electron chi connectivity index (χ0n) is 14.2. The number of hydrogen-bond donors (Lipinski definition) is 1. The highest BCUT2D eigenvalue weighted by atomic mass is 16.5. The first-order chi connectivity index (χ1) is 10.3. The Hall–Kier alpha value is -0.860. The normalized spacial score (nSPS) is 12.5. The molecule has 0 radical (unpaired) electrons. The Balaban J connectivity index is 2.39. The van der Waals surface area contributed by atoms with Crippen LogP contribution in [0.1, 0.15) is 50.7 Å². The van der Waals surface area contributed by atoms with Gasteiger partial charge in [0.25, 0.3) is 0 Å². The summed E-state index contributed by atoms with van der Waals surface area (Å²) in [6.07, 6.45) is 5.88. The van der Waals surface area contributed by atoms with Crippen LogP contribution in [0.2, 0.25) is 0 Å². The monoisotopic (exact) mass is 291 g/mol. The molecule has 1 atom stereocenters. The summed E-state index contributed by atoms with van der Waals surface area (Å²) < 4.78 is 5.74. The summed E-state index contributed by atoms with van der Waals surface area (Å²) in [6, 6.07) is 8.89. The van der Waals surface area contributed by atoms with Gasteiger partial charge in [0.05, 0.1) is 0 Å². The van der Waals surface area contributed by atoms with Crippen molar-refractivity contribution in [2.75, 3.05) is 26.3 Å². The molecular weight excluding hydrogens is 258 g/mol. The van der Waals surface area contributed by atoms with Crippen LogP contribution in [0, 0.1) is 12.8 Å². The topological polar surface area (TPSA) is 21.3 Å². The van der Waals surface area contributed by atoms with Gasteiger partial charge in [-0.05, 0) is 57.2 Å². The van der Waals surface area contributed by atoms with Crippen LogP contribution in [-0.4, -0.2) is 26.3 Å². The van der Waals surface area contributed by atoms with Crippen LogP contribution in [0.5, 0.6) is 0 Å². The van der Waals surface area contributed by atoms with Crippen molar-refractivity contribution in [1.29, 1.82) is 0 Å². The van der Waals surface area contributed by atoms with E-state index in [9.17, 15) is 0 Å². The van der Waals surface area contributed by atoms with Gasteiger partial charge < -0.3 is 10.1 Å². The van der Waals surface area contributed by atoms with Gasteiger partial charge in [-0.15, -0.1) is 0 Å². The molecule has 0 aliphatic rings. The standard InChI is InChI=1S/C19H33NO/c1-4-6-12-21-13-10-19(16-20-11-5-2)15-18-9-7-8-17(3)14-18/h7-9,14,19-20H,4-6,10-13,15-16H2,1-3H3. The fraction of sp³-hybridized carbons (Fsp3) is 0.684. The summed E-state index contributed by atoms with van der Waals surface area (Å²) >= 11 is 0. The highest BCUT2D eigenvalue weighted by Gasteiger charge is 2.10. The quantitative estimate of drug-likeness (QED) is 0.578. The molecule has 0 aliphatic heterocycles. The number of nitrogens with one attached hydrogen (secondary N) is 1. The Morgan fingerprint density at radius 1 is 1.14 bits per heavy atom. The Labute approximate surface area is 131 Å². The minimum Gasteiger partial charge on any atom is -0.381 e. The smallest absolute Gasteiger partial charge is 0.0469 e. The van der Waals surface area contributed by atoms with E-state index < -0.39 is 0 Å². The first-order valence-electron chi connectivity index (χ1n) is 8.60. The van der Waals surface area contributed by atoms with Crippen molar-refractivity contribution in [1.82, 2.24) is 5.32 Å². The van der Waals surface area contributed by atoms with Crippen molar-refractivity contribution >= 4 is 0 Å². The van der Waals surface area contributed by atoms with Crippen LogP contribution in [0.25, 0.3) is 0 Å². The highest BCUT2D eigenvalue weighted by molar-refractivity contribution is 5.22. The van der Waals surface area contributed by atoms with Gasteiger partial charge in [0.15, 0.2) is 0 Å². The molecule has 0 heterocycles. The third kappa shape index (κ3) is 8.90. The second kappa shape index (κ2) is 11.8. The molecule has 0 saturated carbocycles. The summed E-state index contributed by atoms with van der Waals surface area (Å²) in [6.45, 7) is 10.6.